The molecule has 0 unspecified atom stereocenters. The molecule has 1 amide bonds. The third kappa shape index (κ3) is 3.19. The van der Waals surface area contributed by atoms with Crippen LogP contribution in [-0.2, 0) is 13.6 Å². The summed E-state index contributed by atoms with van der Waals surface area (Å²) < 4.78 is 3.53. The van der Waals surface area contributed by atoms with Crippen LogP contribution in [0, 0.1) is 0 Å². The lowest BCUT2D eigenvalue weighted by Gasteiger charge is -2.06. The maximum Gasteiger partial charge on any atom is 0.270 e. The molecule has 130 valence electrons. The zero-order chi connectivity index (χ0) is 18.1. The first-order valence-corrected chi connectivity index (χ1v) is 8.47. The van der Waals surface area contributed by atoms with Gasteiger partial charge >= 0.3 is 0 Å². The highest BCUT2D eigenvalue weighted by Gasteiger charge is 2.13. The van der Waals surface area contributed by atoms with Gasteiger partial charge in [0.1, 0.15) is 11.3 Å². The number of rotatable bonds is 4. The van der Waals surface area contributed by atoms with Crippen LogP contribution in [0.2, 0.25) is 5.02 Å². The van der Waals surface area contributed by atoms with Crippen molar-refractivity contribution in [3.8, 4) is 11.1 Å². The molecule has 0 fully saturated rings. The monoisotopic (exact) mass is 365 g/mol. The Morgan fingerprint density at radius 3 is 2.62 bits per heavy atom. The maximum atomic E-state index is 12.6. The van der Waals surface area contributed by atoms with E-state index in [0.29, 0.717) is 22.9 Å². The molecule has 7 heteroatoms. The minimum absolute atomic E-state index is 0.184. The highest BCUT2D eigenvalue weighted by Crippen LogP contribution is 2.20. The van der Waals surface area contributed by atoms with E-state index in [4.69, 9.17) is 11.6 Å². The molecule has 0 spiro atoms. The quantitative estimate of drug-likeness (QED) is 0.603. The lowest BCUT2D eigenvalue weighted by Crippen LogP contribution is -2.24. The van der Waals surface area contributed by atoms with Crippen LogP contribution in [-0.4, -0.2) is 25.1 Å². The number of imidazole rings is 1. The molecular weight excluding hydrogens is 350 g/mol. The van der Waals surface area contributed by atoms with Crippen molar-refractivity contribution in [1.82, 2.24) is 24.5 Å². The van der Waals surface area contributed by atoms with Crippen molar-refractivity contribution >= 4 is 23.2 Å². The predicted octanol–water partition coefficient (Wildman–Crippen LogP) is 3.32. The summed E-state index contributed by atoms with van der Waals surface area (Å²) in [5, 5.41) is 7.78. The van der Waals surface area contributed by atoms with Gasteiger partial charge in [0, 0.05) is 42.1 Å². The number of fused-ring (bicyclic) bond motifs is 1. The summed E-state index contributed by atoms with van der Waals surface area (Å²) in [5.41, 5.74) is 4.13. The van der Waals surface area contributed by atoms with E-state index in [9.17, 15) is 4.79 Å². The standard InChI is InChI=1S/C19H16ClN5O/c1-24-11-15(9-23-24)14-4-7-18-21-10-17(25(18)12-14)19(26)22-8-13-2-5-16(20)6-3-13/h2-7,9-12H,8H2,1H3,(H,22,26). The Kier molecular flexibility index (Phi) is 4.18. The van der Waals surface area contributed by atoms with Gasteiger partial charge in [-0.2, -0.15) is 5.10 Å². The van der Waals surface area contributed by atoms with Crippen molar-refractivity contribution in [2.24, 2.45) is 7.05 Å². The van der Waals surface area contributed by atoms with E-state index in [-0.39, 0.29) is 5.91 Å². The number of hydrogen-bond acceptors (Lipinski definition) is 3. The molecule has 0 aliphatic carbocycles. The Bertz CT molecular complexity index is 1080. The van der Waals surface area contributed by atoms with E-state index in [1.165, 1.54) is 0 Å². The van der Waals surface area contributed by atoms with Crippen LogP contribution in [0.4, 0.5) is 0 Å². The van der Waals surface area contributed by atoms with Crippen molar-refractivity contribution in [1.29, 1.82) is 0 Å². The number of carbonyl (C=O) groups excluding carboxylic acids is 1. The molecule has 0 aliphatic rings. The van der Waals surface area contributed by atoms with Gasteiger partial charge in [-0.3, -0.25) is 13.9 Å². The van der Waals surface area contributed by atoms with E-state index in [0.717, 1.165) is 16.7 Å². The minimum Gasteiger partial charge on any atom is -0.347 e. The van der Waals surface area contributed by atoms with Gasteiger partial charge in [-0.25, -0.2) is 4.98 Å². The minimum atomic E-state index is -0.184. The van der Waals surface area contributed by atoms with Crippen LogP contribution in [0.15, 0.2) is 61.2 Å². The lowest BCUT2D eigenvalue weighted by atomic mass is 10.2. The molecule has 26 heavy (non-hydrogen) atoms. The summed E-state index contributed by atoms with van der Waals surface area (Å²) in [7, 11) is 1.87. The molecule has 3 heterocycles. The normalized spacial score (nSPS) is 11.0. The number of amides is 1. The molecule has 3 aromatic heterocycles. The predicted molar refractivity (Wildman–Crippen MR) is 100 cm³/mol. The number of carbonyl (C=O) groups is 1. The van der Waals surface area contributed by atoms with Gasteiger partial charge in [-0.1, -0.05) is 23.7 Å². The average Bonchev–Trinajstić information content (AvgIpc) is 3.26. The molecule has 1 N–H and O–H groups in total. The summed E-state index contributed by atoms with van der Waals surface area (Å²) in [6.07, 6.45) is 7.20. The van der Waals surface area contributed by atoms with Gasteiger partial charge in [-0.15, -0.1) is 0 Å². The van der Waals surface area contributed by atoms with E-state index >= 15 is 0 Å². The number of nitrogens with zero attached hydrogens (tertiary/aromatic N) is 4. The SMILES string of the molecule is Cn1cc(-c2ccc3ncc(C(=O)NCc4ccc(Cl)cc4)n3c2)cn1. The molecule has 0 aliphatic heterocycles. The topological polar surface area (TPSA) is 64.2 Å². The highest BCUT2D eigenvalue weighted by molar-refractivity contribution is 6.30. The fourth-order valence-electron chi connectivity index (χ4n) is 2.76. The largest absolute Gasteiger partial charge is 0.347 e. The first-order chi connectivity index (χ1) is 12.6. The van der Waals surface area contributed by atoms with Gasteiger partial charge < -0.3 is 5.32 Å². The summed E-state index contributed by atoms with van der Waals surface area (Å²) in [4.78, 5) is 16.9. The smallest absolute Gasteiger partial charge is 0.270 e. The molecule has 0 saturated heterocycles. The molecule has 4 aromatic rings. The van der Waals surface area contributed by atoms with E-state index in [1.807, 2.05) is 43.7 Å². The molecule has 0 saturated carbocycles. The van der Waals surface area contributed by atoms with Crippen LogP contribution in [0.25, 0.3) is 16.8 Å². The summed E-state index contributed by atoms with van der Waals surface area (Å²) >= 11 is 5.88. The molecule has 6 nitrogen and oxygen atoms in total. The van der Waals surface area contributed by atoms with Crippen molar-refractivity contribution in [3.05, 3.63) is 77.5 Å². The zero-order valence-electron chi connectivity index (χ0n) is 14.1. The third-order valence-corrected chi connectivity index (χ3v) is 4.39. The third-order valence-electron chi connectivity index (χ3n) is 4.14. The number of halogens is 1. The zero-order valence-corrected chi connectivity index (χ0v) is 14.8. The van der Waals surface area contributed by atoms with Crippen LogP contribution in [0.1, 0.15) is 16.1 Å². The molecule has 0 bridgehead atoms. The van der Waals surface area contributed by atoms with Crippen LogP contribution >= 0.6 is 11.6 Å². The summed E-state index contributed by atoms with van der Waals surface area (Å²) in [6, 6.07) is 11.2. The first-order valence-electron chi connectivity index (χ1n) is 8.09. The van der Waals surface area contributed by atoms with Crippen molar-refractivity contribution < 1.29 is 4.79 Å². The Hall–Kier alpha value is -3.12. The van der Waals surface area contributed by atoms with Gasteiger partial charge in [0.05, 0.1) is 12.4 Å². The highest BCUT2D eigenvalue weighted by atomic mass is 35.5. The average molecular weight is 366 g/mol. The maximum absolute atomic E-state index is 12.6. The molecule has 0 atom stereocenters. The van der Waals surface area contributed by atoms with Crippen LogP contribution in [0.3, 0.4) is 0 Å². The second-order valence-electron chi connectivity index (χ2n) is 6.00. The Balaban J connectivity index is 1.59. The molecule has 4 rings (SSSR count). The van der Waals surface area contributed by atoms with E-state index < -0.39 is 0 Å². The first kappa shape index (κ1) is 16.4. The van der Waals surface area contributed by atoms with Crippen molar-refractivity contribution in [3.63, 3.8) is 0 Å². The number of benzene rings is 1. The van der Waals surface area contributed by atoms with E-state index in [1.54, 1.807) is 33.6 Å². The number of nitrogens with one attached hydrogen (secondary N) is 1. The number of hydrogen-bond donors (Lipinski definition) is 1. The van der Waals surface area contributed by atoms with E-state index in [2.05, 4.69) is 15.4 Å². The fourth-order valence-corrected chi connectivity index (χ4v) is 2.89. The van der Waals surface area contributed by atoms with Gasteiger partial charge in [0.25, 0.3) is 5.91 Å². The lowest BCUT2D eigenvalue weighted by molar-refractivity contribution is 0.0945. The second-order valence-corrected chi connectivity index (χ2v) is 6.44. The summed E-state index contributed by atoms with van der Waals surface area (Å²) in [5.74, 6) is -0.184. The Morgan fingerprint density at radius 1 is 1.08 bits per heavy atom. The number of aromatic nitrogens is 4. The molecule has 0 radical (unpaired) electrons. The van der Waals surface area contributed by atoms with Gasteiger partial charge in [0.15, 0.2) is 0 Å². The van der Waals surface area contributed by atoms with Crippen molar-refractivity contribution in [2.75, 3.05) is 0 Å². The number of pyridine rings is 1. The van der Waals surface area contributed by atoms with Crippen LogP contribution in [0.5, 0.6) is 0 Å². The van der Waals surface area contributed by atoms with Crippen molar-refractivity contribution in [2.45, 2.75) is 6.54 Å². The molecule has 1 aromatic carbocycles. The van der Waals surface area contributed by atoms with Gasteiger partial charge in [0.2, 0.25) is 0 Å². The Morgan fingerprint density at radius 2 is 1.88 bits per heavy atom. The summed E-state index contributed by atoms with van der Waals surface area (Å²) in [6.45, 7) is 0.422. The Labute approximate surface area is 155 Å². The van der Waals surface area contributed by atoms with Crippen LogP contribution < -0.4 is 5.32 Å². The molecular formula is C19H16ClN5O. The van der Waals surface area contributed by atoms with Gasteiger partial charge in [-0.05, 0) is 29.8 Å². The fraction of sp³-hybridized carbons (Fsp3) is 0.105. The second kappa shape index (κ2) is 6.65. The number of aryl methyl sites for hydroxylation is 1.